The number of aliphatic carboxylic acids is 1. The molecule has 0 aliphatic carbocycles. The second-order valence-electron chi connectivity index (χ2n) is 7.10. The fourth-order valence-corrected chi connectivity index (χ4v) is 3.38. The minimum absolute atomic E-state index is 0.296. The molecule has 0 aromatic heterocycles. The lowest BCUT2D eigenvalue weighted by Crippen LogP contribution is -2.29. The van der Waals surface area contributed by atoms with Crippen LogP contribution in [0.5, 0.6) is 5.75 Å². The Morgan fingerprint density at radius 2 is 1.07 bits per heavy atom. The summed E-state index contributed by atoms with van der Waals surface area (Å²) in [6, 6.07) is 35.6. The molecule has 0 saturated heterocycles. The quantitative estimate of drug-likeness (QED) is 0.412. The van der Waals surface area contributed by atoms with Gasteiger partial charge in [0, 0.05) is 6.42 Å². The molecule has 0 bridgehead atoms. The van der Waals surface area contributed by atoms with Crippen LogP contribution in [-0.4, -0.2) is 17.2 Å². The average Bonchev–Trinajstić information content (AvgIpc) is 2.81. The molecule has 4 aromatic carbocycles. The smallest absolute Gasteiger partial charge is 0.345 e. The van der Waals surface area contributed by atoms with Crippen LogP contribution in [0.2, 0.25) is 0 Å². The summed E-state index contributed by atoms with van der Waals surface area (Å²) >= 11 is 0. The van der Waals surface area contributed by atoms with Gasteiger partial charge in [0.1, 0.15) is 5.75 Å². The number of carbonyl (C=O) groups is 1. The van der Waals surface area contributed by atoms with Crippen LogP contribution in [0.3, 0.4) is 0 Å². The van der Waals surface area contributed by atoms with Crippen molar-refractivity contribution < 1.29 is 14.6 Å². The second-order valence-corrected chi connectivity index (χ2v) is 7.10. The Balaban J connectivity index is 1.45. The predicted molar refractivity (Wildman–Crippen MR) is 120 cm³/mol. The largest absolute Gasteiger partial charge is 0.478 e. The van der Waals surface area contributed by atoms with Gasteiger partial charge in [-0.25, -0.2) is 4.79 Å². The molecule has 0 aliphatic heterocycles. The third kappa shape index (κ3) is 4.76. The van der Waals surface area contributed by atoms with E-state index in [1.165, 1.54) is 0 Å². The van der Waals surface area contributed by atoms with Crippen LogP contribution in [0, 0.1) is 0 Å². The van der Waals surface area contributed by atoms with Crippen molar-refractivity contribution in [1.29, 1.82) is 0 Å². The Kier molecular flexibility index (Phi) is 5.90. The maximum atomic E-state index is 11.8. The van der Waals surface area contributed by atoms with E-state index in [1.54, 1.807) is 0 Å². The maximum absolute atomic E-state index is 11.8. The fourth-order valence-electron chi connectivity index (χ4n) is 3.38. The summed E-state index contributed by atoms with van der Waals surface area (Å²) in [6.45, 7) is 0. The highest BCUT2D eigenvalue weighted by Crippen LogP contribution is 2.24. The van der Waals surface area contributed by atoms with Gasteiger partial charge < -0.3 is 9.84 Å². The van der Waals surface area contributed by atoms with Gasteiger partial charge in [-0.1, -0.05) is 97.1 Å². The van der Waals surface area contributed by atoms with Crippen molar-refractivity contribution in [1.82, 2.24) is 0 Å². The molecule has 0 fully saturated rings. The van der Waals surface area contributed by atoms with Crippen LogP contribution in [-0.2, 0) is 11.2 Å². The van der Waals surface area contributed by atoms with Gasteiger partial charge >= 0.3 is 5.97 Å². The van der Waals surface area contributed by atoms with Crippen LogP contribution in [0.15, 0.2) is 109 Å². The highest BCUT2D eigenvalue weighted by molar-refractivity contribution is 5.73. The molecule has 0 amide bonds. The highest BCUT2D eigenvalue weighted by atomic mass is 16.5. The molecule has 3 nitrogen and oxygen atoms in total. The average molecular weight is 394 g/mol. The van der Waals surface area contributed by atoms with Crippen molar-refractivity contribution in [3.8, 4) is 28.0 Å². The zero-order chi connectivity index (χ0) is 20.8. The van der Waals surface area contributed by atoms with Gasteiger partial charge in [0.15, 0.2) is 6.10 Å². The molecule has 0 heterocycles. The van der Waals surface area contributed by atoms with Crippen molar-refractivity contribution in [2.75, 3.05) is 0 Å². The van der Waals surface area contributed by atoms with Gasteiger partial charge in [0.05, 0.1) is 0 Å². The molecule has 1 atom stereocenters. The minimum atomic E-state index is -0.978. The molecule has 3 heteroatoms. The number of hydrogen-bond donors (Lipinski definition) is 1. The standard InChI is InChI=1S/C27H22O3/c28-27(29)26(19-20-11-13-23(14-12-20)21-7-3-1-4-8-21)30-25-17-15-24(16-18-25)22-9-5-2-6-10-22/h1-18,26H,19H2,(H,28,29)/t26-/m0/s1. The van der Waals surface area contributed by atoms with Gasteiger partial charge in [0.2, 0.25) is 0 Å². The van der Waals surface area contributed by atoms with Gasteiger partial charge in [0.25, 0.3) is 0 Å². The molecule has 0 spiro atoms. The molecule has 4 aromatic rings. The SMILES string of the molecule is O=C(O)[C@H](Cc1ccc(-c2ccccc2)cc1)Oc1ccc(-c2ccccc2)cc1. The van der Waals surface area contributed by atoms with E-state index < -0.39 is 12.1 Å². The molecule has 0 unspecified atom stereocenters. The van der Waals surface area contributed by atoms with Gasteiger partial charge in [-0.05, 0) is 39.9 Å². The Morgan fingerprint density at radius 1 is 0.633 bits per heavy atom. The summed E-state index contributed by atoms with van der Waals surface area (Å²) < 4.78 is 5.79. The number of hydrogen-bond acceptors (Lipinski definition) is 2. The lowest BCUT2D eigenvalue weighted by molar-refractivity contribution is -0.145. The third-order valence-electron chi connectivity index (χ3n) is 5.00. The summed E-state index contributed by atoms with van der Waals surface area (Å²) in [6.07, 6.45) is -0.652. The Morgan fingerprint density at radius 3 is 1.53 bits per heavy atom. The first-order chi connectivity index (χ1) is 14.7. The first-order valence-electron chi connectivity index (χ1n) is 9.88. The van der Waals surface area contributed by atoms with Crippen LogP contribution < -0.4 is 4.74 Å². The van der Waals surface area contributed by atoms with Gasteiger partial charge in [-0.15, -0.1) is 0 Å². The van der Waals surface area contributed by atoms with E-state index >= 15 is 0 Å². The van der Waals surface area contributed by atoms with E-state index in [2.05, 4.69) is 12.1 Å². The Bertz CT molecular complexity index is 1000. The molecule has 30 heavy (non-hydrogen) atoms. The summed E-state index contributed by atoms with van der Waals surface area (Å²) in [5.41, 5.74) is 5.32. The summed E-state index contributed by atoms with van der Waals surface area (Å²) in [5.74, 6) is -0.433. The molecular weight excluding hydrogens is 372 g/mol. The zero-order valence-corrected chi connectivity index (χ0v) is 16.4. The van der Waals surface area contributed by atoms with Crippen molar-refractivity contribution in [2.45, 2.75) is 12.5 Å². The molecule has 1 N–H and O–H groups in total. The van der Waals surface area contributed by atoms with Crippen molar-refractivity contribution in [3.63, 3.8) is 0 Å². The van der Waals surface area contributed by atoms with Crippen LogP contribution in [0.1, 0.15) is 5.56 Å². The van der Waals surface area contributed by atoms with Crippen LogP contribution in [0.4, 0.5) is 0 Å². The predicted octanol–water partition coefficient (Wildman–Crippen LogP) is 6.10. The zero-order valence-electron chi connectivity index (χ0n) is 16.4. The first-order valence-corrected chi connectivity index (χ1v) is 9.88. The maximum Gasteiger partial charge on any atom is 0.345 e. The molecule has 0 aliphatic rings. The molecule has 0 radical (unpaired) electrons. The lowest BCUT2D eigenvalue weighted by atomic mass is 10.0. The normalized spacial score (nSPS) is 11.6. The summed E-state index contributed by atoms with van der Waals surface area (Å²) in [5, 5.41) is 9.64. The topological polar surface area (TPSA) is 46.5 Å². The van der Waals surface area contributed by atoms with E-state index in [4.69, 9.17) is 4.74 Å². The number of rotatable bonds is 7. The lowest BCUT2D eigenvalue weighted by Gasteiger charge is -2.16. The van der Waals surface area contributed by atoms with E-state index in [1.807, 2.05) is 97.1 Å². The molecule has 0 saturated carbocycles. The van der Waals surface area contributed by atoms with Crippen molar-refractivity contribution in [2.24, 2.45) is 0 Å². The Labute approximate surface area is 176 Å². The number of carboxylic acid groups (broad SMARTS) is 1. The van der Waals surface area contributed by atoms with Crippen LogP contribution >= 0.6 is 0 Å². The number of ether oxygens (including phenoxy) is 1. The number of benzene rings is 4. The fraction of sp³-hybridized carbons (Fsp3) is 0.0741. The minimum Gasteiger partial charge on any atom is -0.478 e. The van der Waals surface area contributed by atoms with E-state index in [0.717, 1.165) is 27.8 Å². The third-order valence-corrected chi connectivity index (χ3v) is 5.00. The molecule has 148 valence electrons. The first kappa shape index (κ1) is 19.5. The highest BCUT2D eigenvalue weighted by Gasteiger charge is 2.20. The monoisotopic (exact) mass is 394 g/mol. The van der Waals surface area contributed by atoms with E-state index in [-0.39, 0.29) is 0 Å². The van der Waals surface area contributed by atoms with Crippen LogP contribution in [0.25, 0.3) is 22.3 Å². The summed E-state index contributed by atoms with van der Waals surface area (Å²) in [7, 11) is 0. The van der Waals surface area contributed by atoms with Gasteiger partial charge in [-0.3, -0.25) is 0 Å². The van der Waals surface area contributed by atoms with Crippen molar-refractivity contribution >= 4 is 5.97 Å². The Hall–Kier alpha value is -3.85. The van der Waals surface area contributed by atoms with Gasteiger partial charge in [-0.2, -0.15) is 0 Å². The molecular formula is C27H22O3. The summed E-state index contributed by atoms with van der Waals surface area (Å²) in [4.78, 5) is 11.8. The van der Waals surface area contributed by atoms with Crippen molar-refractivity contribution in [3.05, 3.63) is 115 Å². The number of carboxylic acids is 1. The second kappa shape index (κ2) is 9.10. The molecule has 4 rings (SSSR count). The van der Waals surface area contributed by atoms with E-state index in [9.17, 15) is 9.90 Å². The van der Waals surface area contributed by atoms with E-state index in [0.29, 0.717) is 12.2 Å².